The molecule has 0 saturated carbocycles. The molecule has 4 aliphatic heterocycles. The summed E-state index contributed by atoms with van der Waals surface area (Å²) in [5.41, 5.74) is 3.91. The zero-order chi connectivity index (χ0) is 32.3. The molecule has 10 nitrogen and oxygen atoms in total. The number of piperazine rings is 1. The van der Waals surface area contributed by atoms with Gasteiger partial charge in [-0.15, -0.1) is 0 Å². The molecule has 2 bridgehead atoms. The number of methoxy groups -OCH3 is 1. The van der Waals surface area contributed by atoms with Crippen molar-refractivity contribution in [2.75, 3.05) is 43.9 Å². The second-order valence-electron chi connectivity index (χ2n) is 12.2. The SMILES string of the molecule is COc1nc(N2CC3CCC(C2)N3)c2c(=O)n(CC(F)F)c(-c3ccc(F)c4sc(N)nc34)c(F)c2n1.FC1CC2CCCN2C1. The number of nitrogen functional groups attached to an aromatic ring is 1. The molecule has 246 valence electrons. The predicted octanol–water partition coefficient (Wildman–Crippen LogP) is 4.34. The van der Waals surface area contributed by atoms with E-state index in [4.69, 9.17) is 10.5 Å². The Morgan fingerprint density at radius 2 is 1.85 bits per heavy atom. The molecule has 7 heterocycles. The molecular formula is C30H33F5N8O2S. The smallest absolute Gasteiger partial charge is 0.318 e. The van der Waals surface area contributed by atoms with E-state index in [0.29, 0.717) is 30.2 Å². The third-order valence-corrected chi connectivity index (χ3v) is 10.2. The number of aromatic nitrogens is 4. The monoisotopic (exact) mass is 664 g/mol. The molecule has 0 amide bonds. The lowest BCUT2D eigenvalue weighted by Crippen LogP contribution is -2.51. The van der Waals surface area contributed by atoms with E-state index in [9.17, 15) is 22.4 Å². The van der Waals surface area contributed by atoms with E-state index in [1.54, 1.807) is 0 Å². The highest BCUT2D eigenvalue weighted by molar-refractivity contribution is 7.22. The van der Waals surface area contributed by atoms with Crippen LogP contribution in [0.4, 0.5) is 32.9 Å². The number of thiazole rings is 1. The van der Waals surface area contributed by atoms with Gasteiger partial charge in [-0.1, -0.05) is 11.3 Å². The molecule has 16 heteroatoms. The summed E-state index contributed by atoms with van der Waals surface area (Å²) in [5.74, 6) is -1.58. The van der Waals surface area contributed by atoms with Gasteiger partial charge in [0.1, 0.15) is 28.7 Å². The van der Waals surface area contributed by atoms with Crippen molar-refractivity contribution in [2.24, 2.45) is 0 Å². The van der Waals surface area contributed by atoms with E-state index in [-0.39, 0.29) is 55.7 Å². The van der Waals surface area contributed by atoms with E-state index in [0.717, 1.165) is 43.2 Å². The van der Waals surface area contributed by atoms with E-state index in [1.807, 2.05) is 4.90 Å². The number of hydrogen-bond donors (Lipinski definition) is 2. The average Bonchev–Trinajstić information content (AvgIpc) is 3.80. The topological polar surface area (TPSA) is 114 Å². The minimum atomic E-state index is -2.98. The number of ether oxygens (including phenoxy) is 1. The maximum absolute atomic E-state index is 16.4. The summed E-state index contributed by atoms with van der Waals surface area (Å²) < 4.78 is 76.8. The van der Waals surface area contributed by atoms with Crippen molar-refractivity contribution in [3.63, 3.8) is 0 Å². The minimum absolute atomic E-state index is 0.00456. The van der Waals surface area contributed by atoms with Crippen LogP contribution in [0.1, 0.15) is 32.1 Å². The van der Waals surface area contributed by atoms with Gasteiger partial charge in [0, 0.05) is 43.3 Å². The van der Waals surface area contributed by atoms with Gasteiger partial charge in [-0.2, -0.15) is 9.97 Å². The molecule has 8 rings (SSSR count). The summed E-state index contributed by atoms with van der Waals surface area (Å²) in [4.78, 5) is 30.5. The van der Waals surface area contributed by atoms with Crippen LogP contribution in [0, 0.1) is 11.6 Å². The van der Waals surface area contributed by atoms with Gasteiger partial charge in [-0.3, -0.25) is 14.3 Å². The van der Waals surface area contributed by atoms with E-state index in [1.165, 1.54) is 26.0 Å². The predicted molar refractivity (Wildman–Crippen MR) is 166 cm³/mol. The third-order valence-electron chi connectivity index (χ3n) is 9.26. The highest BCUT2D eigenvalue weighted by atomic mass is 32.1. The van der Waals surface area contributed by atoms with Gasteiger partial charge in [0.05, 0.1) is 29.6 Å². The summed E-state index contributed by atoms with van der Waals surface area (Å²) in [7, 11) is 1.31. The Bertz CT molecular complexity index is 1830. The third kappa shape index (κ3) is 5.53. The molecule has 46 heavy (non-hydrogen) atoms. The standard InChI is InChI=1S/C23H21F4N7O2S.C7H12FN/c1-36-23-31-17-14(20(32-23)33-6-9-2-3-10(7-33)29-9)21(35)34(8-13(25)26)18(15(17)27)11-4-5-12(24)19-16(11)30-22(28)37-19;8-6-4-7-2-1-3-9(7)5-6/h4-5,9-10,13,29H,2-3,6-8H2,1H3,(H2,28,30);6-7H,1-5H2. The molecule has 3 aromatic heterocycles. The molecule has 0 spiro atoms. The van der Waals surface area contributed by atoms with Crippen LogP contribution in [-0.4, -0.2) is 88.4 Å². The van der Waals surface area contributed by atoms with Crippen LogP contribution < -0.4 is 26.2 Å². The van der Waals surface area contributed by atoms with Crippen LogP contribution in [0.2, 0.25) is 0 Å². The van der Waals surface area contributed by atoms with Gasteiger partial charge in [0.25, 0.3) is 12.0 Å². The Morgan fingerprint density at radius 1 is 1.09 bits per heavy atom. The molecule has 4 aromatic rings. The van der Waals surface area contributed by atoms with E-state index in [2.05, 4.69) is 25.2 Å². The number of hydrogen-bond acceptors (Lipinski definition) is 10. The number of nitrogens with zero attached hydrogens (tertiary/aromatic N) is 6. The lowest BCUT2D eigenvalue weighted by molar-refractivity contribution is 0.125. The number of pyridine rings is 1. The van der Waals surface area contributed by atoms with Crippen molar-refractivity contribution >= 4 is 43.4 Å². The van der Waals surface area contributed by atoms with Crippen LogP contribution in [0.3, 0.4) is 0 Å². The van der Waals surface area contributed by atoms with Gasteiger partial charge in [-0.25, -0.2) is 26.9 Å². The van der Waals surface area contributed by atoms with Crippen molar-refractivity contribution in [3.05, 3.63) is 34.1 Å². The normalized spacial score (nSPS) is 24.2. The van der Waals surface area contributed by atoms with Crippen molar-refractivity contribution in [2.45, 2.75) is 69.4 Å². The number of anilines is 2. The van der Waals surface area contributed by atoms with Crippen LogP contribution in [0.25, 0.3) is 32.4 Å². The Kier molecular flexibility index (Phi) is 8.21. The number of alkyl halides is 3. The second-order valence-corrected chi connectivity index (χ2v) is 13.2. The fourth-order valence-electron chi connectivity index (χ4n) is 7.33. The zero-order valence-electron chi connectivity index (χ0n) is 25.0. The van der Waals surface area contributed by atoms with Gasteiger partial charge in [0.15, 0.2) is 10.9 Å². The first-order chi connectivity index (χ1) is 22.1. The van der Waals surface area contributed by atoms with Crippen LogP contribution in [0.15, 0.2) is 16.9 Å². The number of nitrogens with two attached hydrogens (primary N) is 1. The molecule has 4 unspecified atom stereocenters. The average molecular weight is 665 g/mol. The number of benzene rings is 1. The van der Waals surface area contributed by atoms with E-state index < -0.39 is 42.0 Å². The number of fused-ring (bicyclic) bond motifs is 5. The van der Waals surface area contributed by atoms with Crippen LogP contribution >= 0.6 is 11.3 Å². The van der Waals surface area contributed by atoms with Crippen molar-refractivity contribution in [1.82, 2.24) is 29.7 Å². The maximum Gasteiger partial charge on any atom is 0.318 e. The number of halogens is 5. The molecule has 4 atom stereocenters. The van der Waals surface area contributed by atoms with Gasteiger partial charge < -0.3 is 20.7 Å². The molecule has 0 aliphatic carbocycles. The first kappa shape index (κ1) is 31.0. The first-order valence-electron chi connectivity index (χ1n) is 15.3. The van der Waals surface area contributed by atoms with Crippen molar-refractivity contribution < 1.29 is 26.7 Å². The summed E-state index contributed by atoms with van der Waals surface area (Å²) in [5, 5.41) is 3.25. The molecule has 4 fully saturated rings. The Balaban J connectivity index is 0.000000321. The molecule has 4 aliphatic rings. The summed E-state index contributed by atoms with van der Waals surface area (Å²) in [6.45, 7) is 1.76. The molecule has 3 N–H and O–H groups in total. The first-order valence-corrected chi connectivity index (χ1v) is 16.1. The molecule has 0 radical (unpaired) electrons. The molecule has 4 saturated heterocycles. The fourth-order valence-corrected chi connectivity index (χ4v) is 8.09. The lowest BCUT2D eigenvalue weighted by atomic mass is 10.1. The zero-order valence-corrected chi connectivity index (χ0v) is 25.8. The number of rotatable bonds is 5. The number of nitrogens with one attached hydrogen (secondary N) is 1. The van der Waals surface area contributed by atoms with Crippen molar-refractivity contribution in [1.29, 1.82) is 0 Å². The van der Waals surface area contributed by atoms with Gasteiger partial charge in [0.2, 0.25) is 0 Å². The molecular weight excluding hydrogens is 631 g/mol. The lowest BCUT2D eigenvalue weighted by Gasteiger charge is -2.34. The van der Waals surface area contributed by atoms with E-state index >= 15 is 4.39 Å². The summed E-state index contributed by atoms with van der Waals surface area (Å²) >= 11 is 0.830. The van der Waals surface area contributed by atoms with Gasteiger partial charge >= 0.3 is 6.01 Å². The Labute approximate surface area is 264 Å². The van der Waals surface area contributed by atoms with Gasteiger partial charge in [-0.05, 0) is 50.8 Å². The van der Waals surface area contributed by atoms with Crippen LogP contribution in [0.5, 0.6) is 6.01 Å². The summed E-state index contributed by atoms with van der Waals surface area (Å²) in [6, 6.07) is 3.00. The Morgan fingerprint density at radius 3 is 2.54 bits per heavy atom. The highest BCUT2D eigenvalue weighted by Crippen LogP contribution is 2.38. The van der Waals surface area contributed by atoms with Crippen LogP contribution in [-0.2, 0) is 6.54 Å². The Hall–Kier alpha value is -3.63. The van der Waals surface area contributed by atoms with Crippen molar-refractivity contribution in [3.8, 4) is 17.3 Å². The summed E-state index contributed by atoms with van der Waals surface area (Å²) in [6.07, 6.45) is 1.70. The second kappa shape index (κ2) is 12.2. The largest absolute Gasteiger partial charge is 0.467 e. The maximum atomic E-state index is 16.4. The quantitative estimate of drug-likeness (QED) is 0.301. The molecule has 1 aromatic carbocycles. The highest BCUT2D eigenvalue weighted by Gasteiger charge is 2.36. The fraction of sp³-hybridized carbons (Fsp3) is 0.533. The minimum Gasteiger partial charge on any atom is -0.467 e.